The monoisotopic (exact) mass is 257 g/mol. The molecule has 1 aromatic carbocycles. The maximum absolute atomic E-state index is 4.69. The summed E-state index contributed by atoms with van der Waals surface area (Å²) in [4.78, 5) is 4.08. The first-order valence-corrected chi connectivity index (χ1v) is 6.17. The van der Waals surface area contributed by atoms with Gasteiger partial charge >= 0.3 is 0 Å². The van der Waals surface area contributed by atoms with E-state index in [0.29, 0.717) is 5.82 Å². The Kier molecular flexibility index (Phi) is 3.41. The second-order valence-corrected chi connectivity index (χ2v) is 5.27. The van der Waals surface area contributed by atoms with Crippen molar-refractivity contribution in [2.24, 2.45) is 4.99 Å². The first-order valence-electron chi connectivity index (χ1n) is 5.76. The van der Waals surface area contributed by atoms with Crippen molar-refractivity contribution in [1.82, 2.24) is 9.78 Å². The zero-order valence-corrected chi connectivity index (χ0v) is 11.5. The molecule has 0 aliphatic rings. The number of para-hydroxylation sites is 1. The van der Waals surface area contributed by atoms with E-state index in [1.54, 1.807) is 4.68 Å². The molecule has 0 radical (unpaired) electrons. The van der Waals surface area contributed by atoms with Crippen LogP contribution in [0.25, 0.3) is 5.69 Å². The number of benzene rings is 1. The van der Waals surface area contributed by atoms with Crippen molar-refractivity contribution in [2.75, 3.05) is 0 Å². The van der Waals surface area contributed by atoms with Gasteiger partial charge in [-0.3, -0.25) is 0 Å². The molecule has 0 bridgehead atoms. The van der Waals surface area contributed by atoms with Crippen LogP contribution in [0.2, 0.25) is 0 Å². The summed E-state index contributed by atoms with van der Waals surface area (Å²) in [6.45, 7) is 6.36. The summed E-state index contributed by atoms with van der Waals surface area (Å²) in [5, 5.41) is 7.01. The van der Waals surface area contributed by atoms with Gasteiger partial charge in [0.05, 0.1) is 16.5 Å². The SMILES string of the molecule is CC(C)(C)c1cc(N=C=S)n(-c2ccccc2)n1. The third-order valence-corrected chi connectivity index (χ3v) is 2.71. The number of nitrogens with zero attached hydrogens (tertiary/aromatic N) is 3. The molecule has 92 valence electrons. The molecule has 0 N–H and O–H groups in total. The number of hydrogen-bond acceptors (Lipinski definition) is 3. The quantitative estimate of drug-likeness (QED) is 0.603. The van der Waals surface area contributed by atoms with E-state index >= 15 is 0 Å². The highest BCUT2D eigenvalue weighted by Crippen LogP contribution is 2.27. The van der Waals surface area contributed by atoms with Gasteiger partial charge < -0.3 is 0 Å². The molecule has 1 aromatic heterocycles. The normalized spacial score (nSPS) is 11.1. The Morgan fingerprint density at radius 3 is 2.44 bits per heavy atom. The van der Waals surface area contributed by atoms with Crippen LogP contribution in [-0.2, 0) is 5.41 Å². The van der Waals surface area contributed by atoms with Crippen LogP contribution in [0, 0.1) is 0 Å². The Labute approximate surface area is 112 Å². The Bertz CT molecular complexity index is 587. The second kappa shape index (κ2) is 4.84. The van der Waals surface area contributed by atoms with Crippen LogP contribution in [0.1, 0.15) is 26.5 Å². The van der Waals surface area contributed by atoms with E-state index in [0.717, 1.165) is 11.4 Å². The molecule has 0 saturated heterocycles. The lowest BCUT2D eigenvalue weighted by Gasteiger charge is -2.14. The lowest BCUT2D eigenvalue weighted by atomic mass is 9.92. The van der Waals surface area contributed by atoms with Crippen LogP contribution in [0.3, 0.4) is 0 Å². The zero-order chi connectivity index (χ0) is 13.2. The molecular weight excluding hydrogens is 242 g/mol. The molecule has 0 fully saturated rings. The van der Waals surface area contributed by atoms with E-state index in [4.69, 9.17) is 0 Å². The Morgan fingerprint density at radius 2 is 1.89 bits per heavy atom. The van der Waals surface area contributed by atoms with E-state index in [1.165, 1.54) is 0 Å². The lowest BCUT2D eigenvalue weighted by molar-refractivity contribution is 0.560. The van der Waals surface area contributed by atoms with Gasteiger partial charge in [0.2, 0.25) is 0 Å². The third-order valence-electron chi connectivity index (χ3n) is 2.62. The number of aliphatic imine (C=N–C) groups is 1. The summed E-state index contributed by atoms with van der Waals surface area (Å²) in [6.07, 6.45) is 0. The molecule has 3 nitrogen and oxygen atoms in total. The van der Waals surface area contributed by atoms with Gasteiger partial charge in [0.1, 0.15) is 0 Å². The number of rotatable bonds is 2. The number of thiocarbonyl (C=S) groups is 1. The minimum absolute atomic E-state index is 0.0221. The first kappa shape index (κ1) is 12.7. The fraction of sp³-hybridized carbons (Fsp3) is 0.286. The van der Waals surface area contributed by atoms with Crippen molar-refractivity contribution in [3.05, 3.63) is 42.1 Å². The Hall–Kier alpha value is -1.77. The van der Waals surface area contributed by atoms with Gasteiger partial charge in [0.15, 0.2) is 5.82 Å². The van der Waals surface area contributed by atoms with Crippen molar-refractivity contribution >= 4 is 23.2 Å². The van der Waals surface area contributed by atoms with E-state index in [1.807, 2.05) is 36.4 Å². The molecule has 4 heteroatoms. The predicted molar refractivity (Wildman–Crippen MR) is 77.0 cm³/mol. The topological polar surface area (TPSA) is 30.2 Å². The van der Waals surface area contributed by atoms with Gasteiger partial charge in [-0.25, -0.2) is 4.68 Å². The van der Waals surface area contributed by atoms with E-state index in [-0.39, 0.29) is 5.41 Å². The van der Waals surface area contributed by atoms with Crippen molar-refractivity contribution in [3.63, 3.8) is 0 Å². The molecule has 0 spiro atoms. The summed E-state index contributed by atoms with van der Waals surface area (Å²) < 4.78 is 1.79. The van der Waals surface area contributed by atoms with Crippen LogP contribution in [-0.4, -0.2) is 14.9 Å². The fourth-order valence-corrected chi connectivity index (χ4v) is 1.72. The second-order valence-electron chi connectivity index (χ2n) is 5.09. The standard InChI is InChI=1S/C14H15N3S/c1-14(2,3)12-9-13(15-10-18)17(16-12)11-7-5-4-6-8-11/h4-9H,1-3H3. The molecule has 0 aliphatic carbocycles. The van der Waals surface area contributed by atoms with Gasteiger partial charge in [-0.15, -0.1) is 0 Å². The third kappa shape index (κ3) is 2.55. The van der Waals surface area contributed by atoms with E-state index < -0.39 is 0 Å². The maximum atomic E-state index is 4.69. The van der Waals surface area contributed by atoms with Crippen LogP contribution >= 0.6 is 12.2 Å². The van der Waals surface area contributed by atoms with Gasteiger partial charge in [0, 0.05) is 11.5 Å². The number of isothiocyanates is 1. The van der Waals surface area contributed by atoms with Crippen LogP contribution in [0.4, 0.5) is 5.82 Å². The molecule has 0 unspecified atom stereocenters. The highest BCUT2D eigenvalue weighted by Gasteiger charge is 2.20. The zero-order valence-electron chi connectivity index (χ0n) is 10.7. The van der Waals surface area contributed by atoms with Gasteiger partial charge in [-0.05, 0) is 24.4 Å². The number of aromatic nitrogens is 2. The largest absolute Gasteiger partial charge is 0.214 e. The van der Waals surface area contributed by atoms with Crippen molar-refractivity contribution in [2.45, 2.75) is 26.2 Å². The summed E-state index contributed by atoms with van der Waals surface area (Å²) in [6, 6.07) is 11.8. The molecule has 0 amide bonds. The summed E-state index contributed by atoms with van der Waals surface area (Å²) >= 11 is 4.69. The molecule has 0 saturated carbocycles. The molecule has 0 aliphatic heterocycles. The van der Waals surface area contributed by atoms with Crippen LogP contribution in [0.15, 0.2) is 41.4 Å². The van der Waals surface area contributed by atoms with Crippen LogP contribution in [0.5, 0.6) is 0 Å². The minimum atomic E-state index is -0.0221. The van der Waals surface area contributed by atoms with Gasteiger partial charge in [0.25, 0.3) is 0 Å². The Balaban J connectivity index is 2.59. The van der Waals surface area contributed by atoms with Crippen molar-refractivity contribution in [1.29, 1.82) is 0 Å². The lowest BCUT2D eigenvalue weighted by Crippen LogP contribution is -2.12. The molecule has 1 heterocycles. The minimum Gasteiger partial charge on any atom is -0.214 e. The van der Waals surface area contributed by atoms with Gasteiger partial charge in [-0.1, -0.05) is 39.0 Å². The average Bonchev–Trinajstić information content (AvgIpc) is 2.75. The van der Waals surface area contributed by atoms with Crippen molar-refractivity contribution < 1.29 is 0 Å². The molecule has 18 heavy (non-hydrogen) atoms. The maximum Gasteiger partial charge on any atom is 0.166 e. The van der Waals surface area contributed by atoms with E-state index in [2.05, 4.69) is 48.2 Å². The molecular formula is C14H15N3S. The summed E-state index contributed by atoms with van der Waals surface area (Å²) in [7, 11) is 0. The summed E-state index contributed by atoms with van der Waals surface area (Å²) in [5.74, 6) is 0.709. The first-order chi connectivity index (χ1) is 8.52. The highest BCUT2D eigenvalue weighted by molar-refractivity contribution is 7.78. The van der Waals surface area contributed by atoms with Gasteiger partial charge in [-0.2, -0.15) is 10.1 Å². The van der Waals surface area contributed by atoms with Crippen LogP contribution < -0.4 is 0 Å². The van der Waals surface area contributed by atoms with E-state index in [9.17, 15) is 0 Å². The molecule has 0 atom stereocenters. The fourth-order valence-electron chi connectivity index (χ4n) is 1.62. The predicted octanol–water partition coefficient (Wildman–Crippen LogP) is 3.90. The molecule has 2 rings (SSSR count). The van der Waals surface area contributed by atoms with Crippen molar-refractivity contribution in [3.8, 4) is 5.69 Å². The average molecular weight is 257 g/mol. The number of hydrogen-bond donors (Lipinski definition) is 0. The smallest absolute Gasteiger partial charge is 0.166 e. The molecule has 2 aromatic rings. The summed E-state index contributed by atoms with van der Waals surface area (Å²) in [5.41, 5.74) is 1.93. The highest BCUT2D eigenvalue weighted by atomic mass is 32.1. The Morgan fingerprint density at radius 1 is 1.22 bits per heavy atom.